The van der Waals surface area contributed by atoms with Crippen LogP contribution in [0, 0.1) is 0 Å². The van der Waals surface area contributed by atoms with Crippen molar-refractivity contribution in [2.24, 2.45) is 0 Å². The van der Waals surface area contributed by atoms with Crippen LogP contribution in [-0.2, 0) is 35.4 Å². The van der Waals surface area contributed by atoms with E-state index in [4.69, 9.17) is 9.25 Å². The summed E-state index contributed by atoms with van der Waals surface area (Å²) in [5.41, 5.74) is 6.67. The topological polar surface area (TPSA) is 139 Å². The van der Waals surface area contributed by atoms with Crippen LogP contribution < -0.4 is 9.80 Å². The molecular weight excluding hydrogens is 755 g/mol. The van der Waals surface area contributed by atoms with Crippen LogP contribution in [0.3, 0.4) is 0 Å². The van der Waals surface area contributed by atoms with Crippen LogP contribution >= 0.6 is 0 Å². The number of carbonyl (C=O) groups is 3. The fraction of sp³-hybridized carbons (Fsp3) is 0.217. The molecule has 0 radical (unpaired) electrons. The summed E-state index contributed by atoms with van der Waals surface area (Å²) in [6.07, 6.45) is 0.0353. The van der Waals surface area contributed by atoms with Crippen LogP contribution in [0.1, 0.15) is 62.0 Å². The lowest BCUT2D eigenvalue weighted by atomic mass is 9.82. The van der Waals surface area contributed by atoms with Crippen molar-refractivity contribution in [3.8, 4) is 0 Å². The Kier molecular flexibility index (Phi) is 7.64. The Hall–Kier alpha value is -6.37. The molecule has 1 saturated heterocycles. The molecule has 2 amide bonds. The highest BCUT2D eigenvalue weighted by atomic mass is 32.2. The number of rotatable bonds is 5. The number of fused-ring (bicyclic) bond motifs is 12. The average Bonchev–Trinajstić information content (AvgIpc) is 3.80. The highest BCUT2D eigenvalue weighted by molar-refractivity contribution is 7.85. The summed E-state index contributed by atoms with van der Waals surface area (Å²) in [6.45, 7) is 9.99. The molecular formula is C46H37N3O8S. The zero-order valence-electron chi connectivity index (χ0n) is 32.2. The van der Waals surface area contributed by atoms with Gasteiger partial charge < -0.3 is 19.2 Å². The molecule has 1 fully saturated rings. The van der Waals surface area contributed by atoms with Crippen LogP contribution in [0.2, 0.25) is 0 Å². The third-order valence-electron chi connectivity index (χ3n) is 11.9. The van der Waals surface area contributed by atoms with Crippen LogP contribution in [0.4, 0.5) is 22.7 Å². The monoisotopic (exact) mass is 791 g/mol. The molecule has 290 valence electrons. The van der Waals surface area contributed by atoms with Crippen molar-refractivity contribution in [2.75, 3.05) is 22.9 Å². The Bertz CT molecular complexity index is 3070. The van der Waals surface area contributed by atoms with E-state index in [0.717, 1.165) is 77.4 Å². The summed E-state index contributed by atoms with van der Waals surface area (Å²) in [5.74, 6) is -1.85. The molecule has 3 aliphatic rings. The van der Waals surface area contributed by atoms with E-state index in [1.807, 2.05) is 36.4 Å². The summed E-state index contributed by atoms with van der Waals surface area (Å²) < 4.78 is 42.8. The summed E-state index contributed by atoms with van der Waals surface area (Å²) >= 11 is 0. The molecule has 7 aromatic rings. The molecule has 0 atom stereocenters. The summed E-state index contributed by atoms with van der Waals surface area (Å²) in [4.78, 5) is 46.5. The van der Waals surface area contributed by atoms with Crippen LogP contribution in [-0.4, -0.2) is 48.9 Å². The van der Waals surface area contributed by atoms with Gasteiger partial charge in [0.1, 0.15) is 10.1 Å². The quantitative estimate of drug-likeness (QED) is 0.0545. The van der Waals surface area contributed by atoms with Crippen LogP contribution in [0.25, 0.3) is 43.5 Å². The van der Waals surface area contributed by atoms with Crippen molar-refractivity contribution in [3.05, 3.63) is 120 Å². The van der Waals surface area contributed by atoms with E-state index in [9.17, 15) is 27.4 Å². The third-order valence-corrected chi connectivity index (χ3v) is 12.7. The maximum absolute atomic E-state index is 13.0. The maximum Gasteiger partial charge on any atom is 0.367 e. The molecule has 4 heterocycles. The molecule has 12 heteroatoms. The van der Waals surface area contributed by atoms with E-state index in [1.54, 1.807) is 24.3 Å². The molecule has 1 aromatic heterocycles. The molecule has 0 spiro atoms. The fourth-order valence-corrected chi connectivity index (χ4v) is 9.79. The number of amides is 2. The second-order valence-corrected chi connectivity index (χ2v) is 18.0. The van der Waals surface area contributed by atoms with Gasteiger partial charge >= 0.3 is 17.1 Å². The average molecular weight is 792 g/mol. The van der Waals surface area contributed by atoms with Gasteiger partial charge in [0.2, 0.25) is 0 Å². The Morgan fingerprint density at radius 1 is 0.638 bits per heavy atom. The molecule has 0 unspecified atom stereocenters. The van der Waals surface area contributed by atoms with Gasteiger partial charge in [0.25, 0.3) is 11.8 Å². The number of hydrogen-bond donors (Lipinski definition) is 0. The molecule has 58 heavy (non-hydrogen) atoms. The first-order valence-electron chi connectivity index (χ1n) is 19.1. The highest BCUT2D eigenvalue weighted by Crippen LogP contribution is 2.56. The van der Waals surface area contributed by atoms with E-state index in [0.29, 0.717) is 18.2 Å². The molecule has 10 rings (SSSR count). The van der Waals surface area contributed by atoms with Crippen LogP contribution in [0.15, 0.2) is 112 Å². The minimum Gasteiger partial charge on any atom is -0.744 e. The number of hydrogen-bond acceptors (Lipinski definition) is 9. The predicted molar refractivity (Wildman–Crippen MR) is 221 cm³/mol. The Morgan fingerprint density at radius 2 is 1.07 bits per heavy atom. The largest absolute Gasteiger partial charge is 0.744 e. The number of hydroxylamine groups is 2. The molecule has 3 aliphatic heterocycles. The molecule has 0 aliphatic carbocycles. The molecule has 0 N–H and O–H groups in total. The minimum absolute atomic E-state index is 0.0177. The van der Waals surface area contributed by atoms with Gasteiger partial charge in [-0.3, -0.25) is 9.59 Å². The van der Waals surface area contributed by atoms with Gasteiger partial charge in [-0.2, -0.15) is 0 Å². The van der Waals surface area contributed by atoms with Gasteiger partial charge in [-0.05, 0) is 54.6 Å². The predicted octanol–water partition coefficient (Wildman–Crippen LogP) is 9.16. The van der Waals surface area contributed by atoms with Gasteiger partial charge in [0.15, 0.2) is 0 Å². The van der Waals surface area contributed by atoms with E-state index in [1.165, 1.54) is 12.1 Å². The lowest BCUT2D eigenvalue weighted by molar-refractivity contribution is -0.172. The standard InChI is InChI=1S/C46H37N3O8S/c1-45(2)24-47(27-15-13-26(14-16-27)44(52)57-49-36(50)21-22-37(49)51)40-32-11-7-5-9-30(32)34-23-35-31-10-6-8-12-33(31)41-39(43(35)56-42(34)38(40)45)46(3,4)25-48(41)28-17-19-29(20-18-28)58(53,54)55/h5-20,23H,21-22,24-25H2,1-4H3. The number of imide groups is 1. The summed E-state index contributed by atoms with van der Waals surface area (Å²) in [5, 5.41) is 6.68. The smallest absolute Gasteiger partial charge is 0.367 e. The van der Waals surface area contributed by atoms with Gasteiger partial charge in [0.05, 0.1) is 43.7 Å². The molecule has 0 saturated carbocycles. The van der Waals surface area contributed by atoms with E-state index >= 15 is 0 Å². The van der Waals surface area contributed by atoms with Crippen LogP contribution in [0.5, 0.6) is 0 Å². The zero-order chi connectivity index (χ0) is 40.5. The van der Waals surface area contributed by atoms with Gasteiger partial charge in [-0.15, -0.1) is 5.06 Å². The van der Waals surface area contributed by atoms with Crippen molar-refractivity contribution >= 4 is 94.1 Å². The van der Waals surface area contributed by atoms with E-state index in [2.05, 4.69) is 67.8 Å². The Balaban J connectivity index is 1.17. The third kappa shape index (κ3) is 5.31. The van der Waals surface area contributed by atoms with E-state index in [-0.39, 0.29) is 23.3 Å². The maximum atomic E-state index is 13.0. The van der Waals surface area contributed by atoms with Crippen molar-refractivity contribution < 1.29 is 36.6 Å². The fourth-order valence-electron chi connectivity index (χ4n) is 9.32. The number of benzene rings is 6. The Morgan fingerprint density at radius 3 is 1.52 bits per heavy atom. The lowest BCUT2D eigenvalue weighted by Crippen LogP contribution is -2.32. The molecule has 11 nitrogen and oxygen atoms in total. The summed E-state index contributed by atoms with van der Waals surface area (Å²) in [7, 11) is -4.60. The number of nitrogens with zero attached hydrogens (tertiary/aromatic N) is 3. The van der Waals surface area contributed by atoms with Crippen molar-refractivity contribution in [2.45, 2.75) is 56.3 Å². The van der Waals surface area contributed by atoms with E-state index < -0.39 is 38.7 Å². The van der Waals surface area contributed by atoms with Gasteiger partial charge in [0, 0.05) is 69.7 Å². The first kappa shape index (κ1) is 36.0. The summed E-state index contributed by atoms with van der Waals surface area (Å²) in [6, 6.07) is 31.9. The SMILES string of the molecule is CC1(C)CN(c2ccc(C(=O)ON3C(=O)CCC3=O)cc2)c2c1c1[o+]c3c4c(c5ccccc5c3cc1c1ccccc21)N(c1ccc(S(=O)(=O)[O-])cc1)CC4(C)C. The number of anilines is 4. The van der Waals surface area contributed by atoms with Crippen molar-refractivity contribution in [1.29, 1.82) is 0 Å². The minimum atomic E-state index is -4.60. The first-order chi connectivity index (χ1) is 27.6. The van der Waals surface area contributed by atoms with Crippen molar-refractivity contribution in [1.82, 2.24) is 5.06 Å². The van der Waals surface area contributed by atoms with Crippen molar-refractivity contribution in [3.63, 3.8) is 0 Å². The molecule has 6 aromatic carbocycles. The number of carbonyl (C=O) groups excluding carboxylic acids is 3. The second-order valence-electron chi connectivity index (χ2n) is 16.7. The normalized spacial score (nSPS) is 17.2. The Labute approximate surface area is 333 Å². The van der Waals surface area contributed by atoms with Gasteiger partial charge in [-0.1, -0.05) is 76.2 Å². The van der Waals surface area contributed by atoms with Gasteiger partial charge in [-0.25, -0.2) is 17.6 Å². The molecule has 0 bridgehead atoms. The highest BCUT2D eigenvalue weighted by Gasteiger charge is 2.47. The first-order valence-corrected chi connectivity index (χ1v) is 20.5. The zero-order valence-corrected chi connectivity index (χ0v) is 33.0. The lowest BCUT2D eigenvalue weighted by Gasteiger charge is -2.23. The second kappa shape index (κ2) is 12.3.